The molecule has 0 bridgehead atoms. The summed E-state index contributed by atoms with van der Waals surface area (Å²) in [5.74, 6) is 0.906. The third-order valence-corrected chi connectivity index (χ3v) is 4.52. The average Bonchev–Trinajstić information content (AvgIpc) is 3.35. The monoisotopic (exact) mass is 358 g/mol. The van der Waals surface area contributed by atoms with Gasteiger partial charge in [0.15, 0.2) is 0 Å². The predicted octanol–water partition coefficient (Wildman–Crippen LogP) is 4.18. The molecule has 27 heavy (non-hydrogen) atoms. The average molecular weight is 358 g/mol. The van der Waals surface area contributed by atoms with Gasteiger partial charge in [-0.15, -0.1) is 0 Å². The minimum atomic E-state index is 0.624. The summed E-state index contributed by atoms with van der Waals surface area (Å²) in [4.78, 5) is 1.79. The van der Waals surface area contributed by atoms with Gasteiger partial charge in [0, 0.05) is 12.1 Å². The number of nitrogens with zero attached hydrogens (tertiary/aromatic N) is 3. The van der Waals surface area contributed by atoms with Gasteiger partial charge in [0.25, 0.3) is 0 Å². The Morgan fingerprint density at radius 2 is 1.70 bits per heavy atom. The lowest BCUT2D eigenvalue weighted by Gasteiger charge is -2.04. The highest BCUT2D eigenvalue weighted by Crippen LogP contribution is 2.21. The Labute approximate surface area is 158 Å². The molecular weight excluding hydrogens is 336 g/mol. The van der Waals surface area contributed by atoms with E-state index in [0.29, 0.717) is 19.6 Å². The van der Waals surface area contributed by atoms with Crippen LogP contribution in [0.2, 0.25) is 0 Å². The second-order valence-electron chi connectivity index (χ2n) is 6.50. The molecule has 0 atom stereocenters. The molecule has 0 spiro atoms. The molecule has 0 radical (unpaired) electrons. The lowest BCUT2D eigenvalue weighted by molar-refractivity contribution is 0.480. The molecule has 4 rings (SSSR count). The Morgan fingerprint density at radius 1 is 0.889 bits per heavy atom. The summed E-state index contributed by atoms with van der Waals surface area (Å²) in [6.07, 6.45) is 1.69. The molecule has 2 aromatic heterocycles. The van der Waals surface area contributed by atoms with Crippen molar-refractivity contribution in [3.05, 3.63) is 95.6 Å². The molecule has 0 aliphatic rings. The maximum atomic E-state index is 5.38. The van der Waals surface area contributed by atoms with Crippen LogP contribution >= 0.6 is 0 Å². The van der Waals surface area contributed by atoms with Crippen LogP contribution in [-0.4, -0.2) is 15.0 Å². The molecule has 0 fully saturated rings. The van der Waals surface area contributed by atoms with Gasteiger partial charge in [-0.3, -0.25) is 0 Å². The topological polar surface area (TPSA) is 55.9 Å². The van der Waals surface area contributed by atoms with Gasteiger partial charge in [0.1, 0.15) is 17.1 Å². The third kappa shape index (κ3) is 4.15. The molecular formula is C22H22N4O. The van der Waals surface area contributed by atoms with E-state index in [1.54, 1.807) is 11.1 Å². The van der Waals surface area contributed by atoms with Crippen LogP contribution in [0, 0.1) is 6.92 Å². The SMILES string of the molecule is Cc1ccccc1Cn1nc(CNCc2ccco2)c(-c2ccccc2)n1. The maximum Gasteiger partial charge on any atom is 0.117 e. The van der Waals surface area contributed by atoms with Crippen molar-refractivity contribution >= 4 is 0 Å². The van der Waals surface area contributed by atoms with Crippen molar-refractivity contribution in [2.45, 2.75) is 26.6 Å². The van der Waals surface area contributed by atoms with Crippen LogP contribution in [0.15, 0.2) is 77.4 Å². The third-order valence-electron chi connectivity index (χ3n) is 4.52. The summed E-state index contributed by atoms with van der Waals surface area (Å²) in [5.41, 5.74) is 5.39. The van der Waals surface area contributed by atoms with Crippen molar-refractivity contribution < 1.29 is 4.42 Å². The molecule has 0 aliphatic heterocycles. The first-order valence-corrected chi connectivity index (χ1v) is 9.06. The quantitative estimate of drug-likeness (QED) is 0.538. The van der Waals surface area contributed by atoms with E-state index in [9.17, 15) is 0 Å². The zero-order valence-corrected chi connectivity index (χ0v) is 15.3. The van der Waals surface area contributed by atoms with Gasteiger partial charge < -0.3 is 9.73 Å². The van der Waals surface area contributed by atoms with Gasteiger partial charge in [-0.2, -0.15) is 15.0 Å². The van der Waals surface area contributed by atoms with E-state index in [4.69, 9.17) is 14.6 Å². The minimum absolute atomic E-state index is 0.624. The standard InChI is InChI=1S/C22H22N4O/c1-17-8-5-6-11-19(17)16-26-24-21(15-23-14-20-12-7-13-27-20)22(25-26)18-9-3-2-4-10-18/h2-13,23H,14-16H2,1H3. The highest BCUT2D eigenvalue weighted by molar-refractivity contribution is 5.60. The lowest BCUT2D eigenvalue weighted by Crippen LogP contribution is -2.13. The number of nitrogens with one attached hydrogen (secondary N) is 1. The molecule has 0 amide bonds. The number of rotatable bonds is 7. The van der Waals surface area contributed by atoms with Crippen molar-refractivity contribution in [1.29, 1.82) is 0 Å². The summed E-state index contributed by atoms with van der Waals surface area (Å²) < 4.78 is 5.38. The molecule has 5 nitrogen and oxygen atoms in total. The van der Waals surface area contributed by atoms with Gasteiger partial charge >= 0.3 is 0 Å². The van der Waals surface area contributed by atoms with Crippen LogP contribution in [0.3, 0.4) is 0 Å². The van der Waals surface area contributed by atoms with Crippen LogP contribution in [0.25, 0.3) is 11.3 Å². The number of hydrogen-bond acceptors (Lipinski definition) is 4. The molecule has 2 heterocycles. The first-order valence-electron chi connectivity index (χ1n) is 9.06. The lowest BCUT2D eigenvalue weighted by atomic mass is 10.1. The van der Waals surface area contributed by atoms with E-state index in [1.165, 1.54) is 11.1 Å². The van der Waals surface area contributed by atoms with E-state index < -0.39 is 0 Å². The molecule has 1 N–H and O–H groups in total. The summed E-state index contributed by atoms with van der Waals surface area (Å²) in [5, 5.41) is 12.9. The second-order valence-corrected chi connectivity index (χ2v) is 6.50. The number of aromatic nitrogens is 3. The van der Waals surface area contributed by atoms with Crippen molar-refractivity contribution in [2.24, 2.45) is 0 Å². The van der Waals surface area contributed by atoms with Crippen LogP contribution in [0.5, 0.6) is 0 Å². The van der Waals surface area contributed by atoms with Gasteiger partial charge in [-0.05, 0) is 30.2 Å². The molecule has 5 heteroatoms. The van der Waals surface area contributed by atoms with E-state index >= 15 is 0 Å². The molecule has 2 aromatic carbocycles. The number of furan rings is 1. The minimum Gasteiger partial charge on any atom is -0.468 e. The first kappa shape index (κ1) is 17.2. The Bertz CT molecular complexity index is 990. The van der Waals surface area contributed by atoms with E-state index in [2.05, 4.69) is 48.6 Å². The highest BCUT2D eigenvalue weighted by atomic mass is 16.3. The smallest absolute Gasteiger partial charge is 0.117 e. The summed E-state index contributed by atoms with van der Waals surface area (Å²) in [7, 11) is 0. The fourth-order valence-electron chi connectivity index (χ4n) is 3.05. The molecule has 0 saturated heterocycles. The fourth-order valence-corrected chi connectivity index (χ4v) is 3.05. The molecule has 136 valence electrons. The van der Waals surface area contributed by atoms with Gasteiger partial charge in [-0.25, -0.2) is 0 Å². The Hall–Kier alpha value is -3.18. The summed E-state index contributed by atoms with van der Waals surface area (Å²) in [6, 6.07) is 22.4. The van der Waals surface area contributed by atoms with Gasteiger partial charge in [0.05, 0.1) is 19.4 Å². The van der Waals surface area contributed by atoms with Crippen LogP contribution in [0.4, 0.5) is 0 Å². The van der Waals surface area contributed by atoms with Crippen LogP contribution in [-0.2, 0) is 19.6 Å². The molecule has 4 aromatic rings. The largest absolute Gasteiger partial charge is 0.468 e. The van der Waals surface area contributed by atoms with Crippen molar-refractivity contribution in [3.8, 4) is 11.3 Å². The second kappa shape index (κ2) is 8.01. The van der Waals surface area contributed by atoms with Crippen LogP contribution < -0.4 is 5.32 Å². The van der Waals surface area contributed by atoms with Gasteiger partial charge in [0.2, 0.25) is 0 Å². The van der Waals surface area contributed by atoms with Crippen molar-refractivity contribution in [1.82, 2.24) is 20.3 Å². The van der Waals surface area contributed by atoms with Crippen LogP contribution in [0.1, 0.15) is 22.6 Å². The fraction of sp³-hybridized carbons (Fsp3) is 0.182. The number of benzene rings is 2. The molecule has 0 unspecified atom stereocenters. The molecule has 0 saturated carbocycles. The Morgan fingerprint density at radius 3 is 2.48 bits per heavy atom. The van der Waals surface area contributed by atoms with E-state index in [0.717, 1.165) is 22.7 Å². The highest BCUT2D eigenvalue weighted by Gasteiger charge is 2.13. The number of hydrogen-bond donors (Lipinski definition) is 1. The zero-order chi connectivity index (χ0) is 18.5. The molecule has 0 aliphatic carbocycles. The van der Waals surface area contributed by atoms with E-state index in [-0.39, 0.29) is 0 Å². The Balaban J connectivity index is 1.57. The normalized spacial score (nSPS) is 11.0. The predicted molar refractivity (Wildman–Crippen MR) is 105 cm³/mol. The Kier molecular flexibility index (Phi) is 5.12. The van der Waals surface area contributed by atoms with Crippen molar-refractivity contribution in [2.75, 3.05) is 0 Å². The summed E-state index contributed by atoms with van der Waals surface area (Å²) >= 11 is 0. The summed E-state index contributed by atoms with van der Waals surface area (Å²) in [6.45, 7) is 4.05. The number of aryl methyl sites for hydroxylation is 1. The maximum absolute atomic E-state index is 5.38. The van der Waals surface area contributed by atoms with Crippen molar-refractivity contribution in [3.63, 3.8) is 0 Å². The zero-order valence-electron chi connectivity index (χ0n) is 15.3. The van der Waals surface area contributed by atoms with Gasteiger partial charge in [-0.1, -0.05) is 54.6 Å². The first-order chi connectivity index (χ1) is 13.3. The van der Waals surface area contributed by atoms with E-state index in [1.807, 2.05) is 30.3 Å².